The molecule has 0 radical (unpaired) electrons. The van der Waals surface area contributed by atoms with Gasteiger partial charge in [0.05, 0.1) is 0 Å². The summed E-state index contributed by atoms with van der Waals surface area (Å²) < 4.78 is 4.99. The van der Waals surface area contributed by atoms with Crippen LogP contribution in [-0.4, -0.2) is 53.5 Å². The summed E-state index contributed by atoms with van der Waals surface area (Å²) in [6, 6.07) is 0. The van der Waals surface area contributed by atoms with E-state index in [1.165, 1.54) is 0 Å². The summed E-state index contributed by atoms with van der Waals surface area (Å²) in [4.78, 5) is 0. The third kappa shape index (κ3) is 5.94. The van der Waals surface area contributed by atoms with Crippen molar-refractivity contribution in [1.82, 2.24) is 7.79 Å². The summed E-state index contributed by atoms with van der Waals surface area (Å²) in [6.07, 6.45) is -6.10. The maximum Gasteiger partial charge on any atom is 0.346 e. The van der Waals surface area contributed by atoms with Gasteiger partial charge in [0.15, 0.2) is 0 Å². The van der Waals surface area contributed by atoms with E-state index in [1.54, 1.807) is 0 Å². The van der Waals surface area contributed by atoms with E-state index in [9.17, 15) is 0 Å². The zero-order valence-electron chi connectivity index (χ0n) is 17.4. The number of hydrogen-bond acceptors (Lipinski definition) is 2. The fourth-order valence-corrected chi connectivity index (χ4v) is 80.0. The molecule has 0 saturated heterocycles. The molecular formula is C12H36Cl4N2Si6. The van der Waals surface area contributed by atoms with Crippen molar-refractivity contribution in [2.45, 2.75) is 78.6 Å². The number of rotatable bonds is 7. The molecule has 0 aliphatic carbocycles. The highest BCUT2D eigenvalue weighted by Gasteiger charge is 2.68. The summed E-state index contributed by atoms with van der Waals surface area (Å²) in [7, 11) is -7.07. The lowest BCUT2D eigenvalue weighted by Gasteiger charge is -2.58. The van der Waals surface area contributed by atoms with Gasteiger partial charge in [0.2, 0.25) is 0 Å². The Morgan fingerprint density at radius 2 is 0.500 bits per heavy atom. The van der Waals surface area contributed by atoms with E-state index in [4.69, 9.17) is 44.3 Å². The lowest BCUT2D eigenvalue weighted by atomic mass is 11.8. The van der Waals surface area contributed by atoms with Gasteiger partial charge in [0.1, 0.15) is 32.9 Å². The summed E-state index contributed by atoms with van der Waals surface area (Å²) >= 11 is 29.1. The summed E-state index contributed by atoms with van der Waals surface area (Å²) in [5.41, 5.74) is 0. The van der Waals surface area contributed by atoms with Gasteiger partial charge >= 0.3 is 12.7 Å². The predicted molar refractivity (Wildman–Crippen MR) is 132 cm³/mol. The molecule has 0 aromatic rings. The third-order valence-corrected chi connectivity index (χ3v) is 55.9. The molecule has 0 amide bonds. The van der Waals surface area contributed by atoms with Crippen molar-refractivity contribution in [2.24, 2.45) is 0 Å². The molecule has 0 aromatic heterocycles. The predicted octanol–water partition coefficient (Wildman–Crippen LogP) is 6.84. The highest BCUT2D eigenvalue weighted by atomic mass is 35.8. The second-order valence-electron chi connectivity index (χ2n) is 10.4. The lowest BCUT2D eigenvalue weighted by Crippen LogP contribution is -2.83. The van der Waals surface area contributed by atoms with Gasteiger partial charge < -0.3 is 7.79 Å². The van der Waals surface area contributed by atoms with Crippen molar-refractivity contribution in [2.75, 3.05) is 0 Å². The van der Waals surface area contributed by atoms with Gasteiger partial charge in [0, 0.05) is 0 Å². The zero-order valence-corrected chi connectivity index (χ0v) is 26.4. The third-order valence-electron chi connectivity index (χ3n) is 3.61. The van der Waals surface area contributed by atoms with Crippen molar-refractivity contribution >= 4 is 90.0 Å². The number of halogens is 4. The molecule has 0 fully saturated rings. The summed E-state index contributed by atoms with van der Waals surface area (Å²) in [5, 5.41) is 0. The minimum Gasteiger partial charge on any atom is -0.344 e. The van der Waals surface area contributed by atoms with Crippen LogP contribution in [0.4, 0.5) is 0 Å². The van der Waals surface area contributed by atoms with Crippen molar-refractivity contribution in [3.63, 3.8) is 0 Å². The fourth-order valence-electron chi connectivity index (χ4n) is 3.97. The van der Waals surface area contributed by atoms with Crippen molar-refractivity contribution in [1.29, 1.82) is 0 Å². The SMILES string of the molecule is C[Si](C)(C)N([Si](C)(C)C)[Si](Cl)(Cl)[Si](Cl)(Cl)N([Si](C)(C)C)[Si](C)(C)C. The molecule has 24 heavy (non-hydrogen) atoms. The standard InChI is InChI=1S/C12H36Cl4N2Si6/c1-19(2,3)17(20(4,5)6)23(13,14)24(15,16)18(21(7,8)9)22(10,11)12/h1-12H3. The van der Waals surface area contributed by atoms with Gasteiger partial charge in [-0.3, -0.25) is 0 Å². The first kappa shape index (κ1) is 26.4. The smallest absolute Gasteiger partial charge is 0.344 e. The minimum absolute atomic E-state index is 1.77. The van der Waals surface area contributed by atoms with Crippen LogP contribution in [0.5, 0.6) is 0 Å². The molecule has 146 valence electrons. The Morgan fingerprint density at radius 1 is 0.375 bits per heavy atom. The van der Waals surface area contributed by atoms with Crippen LogP contribution in [0.2, 0.25) is 78.6 Å². The van der Waals surface area contributed by atoms with Gasteiger partial charge in [-0.1, -0.05) is 78.6 Å². The summed E-state index contributed by atoms with van der Waals surface area (Å²) in [6.45, 7) is 27.7. The Labute approximate surface area is 175 Å². The molecule has 0 aromatic carbocycles. The molecule has 0 bridgehead atoms. The van der Waals surface area contributed by atoms with Crippen molar-refractivity contribution in [3.8, 4) is 0 Å². The van der Waals surface area contributed by atoms with E-state index in [0.29, 0.717) is 0 Å². The number of nitrogens with zero attached hydrogens (tertiary/aromatic N) is 2. The van der Waals surface area contributed by atoms with E-state index in [-0.39, 0.29) is 0 Å². The lowest BCUT2D eigenvalue weighted by molar-refractivity contribution is 0.915. The van der Waals surface area contributed by atoms with Crippen LogP contribution in [0.15, 0.2) is 0 Å². The second-order valence-corrected chi connectivity index (χ2v) is 51.2. The van der Waals surface area contributed by atoms with E-state index in [2.05, 4.69) is 86.4 Å². The highest BCUT2D eigenvalue weighted by molar-refractivity contribution is 7.93. The van der Waals surface area contributed by atoms with Crippen LogP contribution in [0.3, 0.4) is 0 Å². The zero-order chi connectivity index (χ0) is 20.2. The molecular weight excluding hydrogens is 482 g/mol. The Bertz CT molecular complexity index is 378. The Morgan fingerprint density at radius 3 is 0.583 bits per heavy atom. The maximum absolute atomic E-state index is 7.27. The Kier molecular flexibility index (Phi) is 8.42. The van der Waals surface area contributed by atoms with Gasteiger partial charge in [-0.2, -0.15) is 0 Å². The van der Waals surface area contributed by atoms with Crippen molar-refractivity contribution in [3.05, 3.63) is 0 Å². The Balaban J connectivity index is 6.50. The molecule has 0 unspecified atom stereocenters. The molecule has 0 heterocycles. The largest absolute Gasteiger partial charge is 0.346 e. The number of hydrogen-bond donors (Lipinski definition) is 0. The van der Waals surface area contributed by atoms with Gasteiger partial charge in [-0.05, 0) is 0 Å². The van der Waals surface area contributed by atoms with Crippen LogP contribution in [0.25, 0.3) is 0 Å². The average molecular weight is 519 g/mol. The van der Waals surface area contributed by atoms with Crippen LogP contribution < -0.4 is 0 Å². The molecule has 0 aliphatic rings. The van der Waals surface area contributed by atoms with Crippen LogP contribution in [0, 0.1) is 0 Å². The van der Waals surface area contributed by atoms with E-state index in [0.717, 1.165) is 0 Å². The van der Waals surface area contributed by atoms with Crippen LogP contribution in [-0.2, 0) is 0 Å². The quantitative estimate of drug-likeness (QED) is 0.269. The molecule has 0 saturated carbocycles. The van der Waals surface area contributed by atoms with Crippen molar-refractivity contribution < 1.29 is 0 Å². The normalized spacial score (nSPS) is 16.2. The Hall–Kier alpha value is 2.38. The van der Waals surface area contributed by atoms with E-state index >= 15 is 0 Å². The van der Waals surface area contributed by atoms with Gasteiger partial charge in [-0.15, -0.1) is 44.3 Å². The first-order chi connectivity index (χ1) is 9.98. The van der Waals surface area contributed by atoms with Crippen LogP contribution in [0.1, 0.15) is 0 Å². The minimum atomic E-state index is -3.05. The summed E-state index contributed by atoms with van der Waals surface area (Å²) in [5.74, 6) is 0. The maximum atomic E-state index is 7.27. The molecule has 0 spiro atoms. The second kappa shape index (κ2) is 7.66. The van der Waals surface area contributed by atoms with E-state index < -0.39 is 45.7 Å². The molecule has 2 nitrogen and oxygen atoms in total. The van der Waals surface area contributed by atoms with Crippen LogP contribution >= 0.6 is 44.3 Å². The molecule has 0 N–H and O–H groups in total. The topological polar surface area (TPSA) is 6.48 Å². The molecule has 0 atom stereocenters. The molecule has 12 heteroatoms. The highest BCUT2D eigenvalue weighted by Crippen LogP contribution is 2.47. The van der Waals surface area contributed by atoms with Gasteiger partial charge in [0.25, 0.3) is 0 Å². The fraction of sp³-hybridized carbons (Fsp3) is 1.00. The monoisotopic (exact) mass is 516 g/mol. The molecule has 0 aliphatic heterocycles. The first-order valence-electron chi connectivity index (χ1n) is 8.35. The first-order valence-corrected chi connectivity index (χ1v) is 31.1. The van der Waals surface area contributed by atoms with E-state index in [1.807, 2.05) is 0 Å². The average Bonchev–Trinajstić information content (AvgIpc) is 2.02. The molecule has 0 rings (SSSR count). The van der Waals surface area contributed by atoms with Gasteiger partial charge in [-0.25, -0.2) is 0 Å².